The molecular formula is C21H21F3N2O3S2. The molecule has 31 heavy (non-hydrogen) atoms. The van der Waals surface area contributed by atoms with Crippen molar-refractivity contribution in [3.05, 3.63) is 53.6 Å². The molecule has 0 bridgehead atoms. The summed E-state index contributed by atoms with van der Waals surface area (Å²) < 4.78 is 64.7. The number of rotatable bonds is 4. The molecule has 0 spiro atoms. The lowest BCUT2D eigenvalue weighted by Crippen LogP contribution is -2.35. The summed E-state index contributed by atoms with van der Waals surface area (Å²) in [6.45, 7) is 1.50. The number of benzene rings is 2. The second-order valence-electron chi connectivity index (χ2n) is 7.53. The van der Waals surface area contributed by atoms with Crippen LogP contribution in [-0.4, -0.2) is 43.8 Å². The predicted octanol–water partition coefficient (Wildman–Crippen LogP) is 4.68. The first-order chi connectivity index (χ1) is 14.6. The van der Waals surface area contributed by atoms with Gasteiger partial charge in [0.2, 0.25) is 10.0 Å². The fraction of sp³-hybridized carbons (Fsp3) is 0.381. The number of aryl methyl sites for hydroxylation is 1. The molecule has 1 fully saturated rings. The van der Waals surface area contributed by atoms with Gasteiger partial charge < -0.3 is 4.90 Å². The lowest BCUT2D eigenvalue weighted by Gasteiger charge is -2.30. The zero-order valence-electron chi connectivity index (χ0n) is 16.6. The van der Waals surface area contributed by atoms with Crippen LogP contribution in [0.25, 0.3) is 0 Å². The maximum atomic E-state index is 13.0. The fourth-order valence-electron chi connectivity index (χ4n) is 3.98. The smallest absolute Gasteiger partial charge is 0.308 e. The average Bonchev–Trinajstić information content (AvgIpc) is 3.27. The average molecular weight is 471 g/mol. The summed E-state index contributed by atoms with van der Waals surface area (Å²) in [6, 6.07) is 10.2. The van der Waals surface area contributed by atoms with E-state index in [0.29, 0.717) is 38.2 Å². The maximum Gasteiger partial charge on any atom is 0.446 e. The van der Waals surface area contributed by atoms with E-state index in [1.807, 2.05) is 0 Å². The van der Waals surface area contributed by atoms with Gasteiger partial charge in [-0.2, -0.15) is 17.5 Å². The number of sulfonamides is 1. The van der Waals surface area contributed by atoms with Crippen molar-refractivity contribution in [2.24, 2.45) is 0 Å². The second-order valence-corrected chi connectivity index (χ2v) is 10.6. The molecule has 0 saturated carbocycles. The summed E-state index contributed by atoms with van der Waals surface area (Å²) in [5.74, 6) is -0.320. The van der Waals surface area contributed by atoms with Gasteiger partial charge in [-0.25, -0.2) is 8.42 Å². The van der Waals surface area contributed by atoms with Crippen LogP contribution in [0.2, 0.25) is 0 Å². The van der Waals surface area contributed by atoms with Crippen molar-refractivity contribution in [1.29, 1.82) is 0 Å². The van der Waals surface area contributed by atoms with Crippen LogP contribution in [0.4, 0.5) is 18.9 Å². The molecule has 10 heteroatoms. The minimum atomic E-state index is -4.38. The minimum Gasteiger partial charge on any atom is -0.308 e. The van der Waals surface area contributed by atoms with Crippen molar-refractivity contribution < 1.29 is 26.4 Å². The van der Waals surface area contributed by atoms with Crippen molar-refractivity contribution >= 4 is 33.4 Å². The SMILES string of the molecule is O=C(c1ccc(SC(F)(F)F)cc1)N1CCCc2cc(S(=O)(=O)N3CCCC3)ccc21. The first-order valence-corrected chi connectivity index (χ1v) is 12.2. The number of halogens is 3. The number of hydrogen-bond acceptors (Lipinski definition) is 4. The highest BCUT2D eigenvalue weighted by molar-refractivity contribution is 8.00. The molecule has 1 saturated heterocycles. The van der Waals surface area contributed by atoms with Crippen molar-refractivity contribution in [2.45, 2.75) is 41.0 Å². The number of nitrogens with zero attached hydrogens (tertiary/aromatic N) is 2. The summed E-state index contributed by atoms with van der Waals surface area (Å²) >= 11 is -0.226. The van der Waals surface area contributed by atoms with Crippen LogP contribution in [0.3, 0.4) is 0 Å². The topological polar surface area (TPSA) is 57.7 Å². The van der Waals surface area contributed by atoms with Crippen LogP contribution in [0.1, 0.15) is 35.2 Å². The molecule has 2 heterocycles. The highest BCUT2D eigenvalue weighted by Gasteiger charge is 2.31. The Hall–Kier alpha value is -2.04. The lowest BCUT2D eigenvalue weighted by atomic mass is 10.0. The van der Waals surface area contributed by atoms with Crippen molar-refractivity contribution in [3.63, 3.8) is 0 Å². The van der Waals surface area contributed by atoms with E-state index in [-0.39, 0.29) is 33.0 Å². The van der Waals surface area contributed by atoms with Gasteiger partial charge in [0.05, 0.1) is 4.90 Å². The van der Waals surface area contributed by atoms with Gasteiger partial charge in [0.25, 0.3) is 5.91 Å². The van der Waals surface area contributed by atoms with Crippen LogP contribution in [-0.2, 0) is 16.4 Å². The highest BCUT2D eigenvalue weighted by atomic mass is 32.2. The van der Waals surface area contributed by atoms with Gasteiger partial charge in [-0.3, -0.25) is 4.79 Å². The number of thioether (sulfide) groups is 1. The summed E-state index contributed by atoms with van der Waals surface area (Å²) in [6.07, 6.45) is 3.04. The number of carbonyl (C=O) groups excluding carboxylic acids is 1. The van der Waals surface area contributed by atoms with Crippen molar-refractivity contribution in [2.75, 3.05) is 24.5 Å². The first-order valence-electron chi connectivity index (χ1n) is 9.96. The Balaban J connectivity index is 1.57. The van der Waals surface area contributed by atoms with Gasteiger partial charge in [-0.1, -0.05) is 0 Å². The standard InChI is InChI=1S/C21H21F3N2O3S2/c22-21(23,24)30-17-7-5-15(6-8-17)20(27)26-13-3-4-16-14-18(9-10-19(16)26)31(28,29)25-11-1-2-12-25/h5-10,14H,1-4,11-13H2. The van der Waals surface area contributed by atoms with E-state index in [9.17, 15) is 26.4 Å². The molecule has 0 radical (unpaired) electrons. The predicted molar refractivity (Wildman–Crippen MR) is 113 cm³/mol. The van der Waals surface area contributed by atoms with Gasteiger partial charge in [0.15, 0.2) is 0 Å². The molecule has 0 N–H and O–H groups in total. The van der Waals surface area contributed by atoms with E-state index in [0.717, 1.165) is 18.4 Å². The fourth-order valence-corrected chi connectivity index (χ4v) is 6.09. The number of amides is 1. The molecule has 0 atom stereocenters. The third kappa shape index (κ3) is 4.75. The molecule has 2 aliphatic heterocycles. The zero-order valence-corrected chi connectivity index (χ0v) is 18.2. The molecule has 166 valence electrons. The first kappa shape index (κ1) is 22.2. The highest BCUT2D eigenvalue weighted by Crippen LogP contribution is 2.37. The second kappa shape index (κ2) is 8.48. The molecule has 2 aliphatic rings. The van der Waals surface area contributed by atoms with E-state index in [4.69, 9.17) is 0 Å². The van der Waals surface area contributed by atoms with E-state index >= 15 is 0 Å². The molecule has 0 aliphatic carbocycles. The van der Waals surface area contributed by atoms with E-state index in [1.54, 1.807) is 17.0 Å². The van der Waals surface area contributed by atoms with Crippen LogP contribution < -0.4 is 4.90 Å². The lowest BCUT2D eigenvalue weighted by molar-refractivity contribution is -0.0328. The Morgan fingerprint density at radius 2 is 1.61 bits per heavy atom. The van der Waals surface area contributed by atoms with Gasteiger partial charge >= 0.3 is 5.51 Å². The van der Waals surface area contributed by atoms with Gasteiger partial charge in [0.1, 0.15) is 0 Å². The number of hydrogen-bond donors (Lipinski definition) is 0. The number of fused-ring (bicyclic) bond motifs is 1. The molecule has 2 aromatic carbocycles. The van der Waals surface area contributed by atoms with Crippen LogP contribution in [0.15, 0.2) is 52.3 Å². The number of anilines is 1. The third-order valence-corrected chi connectivity index (χ3v) is 8.09. The monoisotopic (exact) mass is 470 g/mol. The summed E-state index contributed by atoms with van der Waals surface area (Å²) in [4.78, 5) is 14.8. The summed E-state index contributed by atoms with van der Waals surface area (Å²) in [5, 5.41) is 0. The largest absolute Gasteiger partial charge is 0.446 e. The molecule has 4 rings (SSSR count). The minimum absolute atomic E-state index is 0.0138. The van der Waals surface area contributed by atoms with Crippen LogP contribution >= 0.6 is 11.8 Å². The molecular weight excluding hydrogens is 449 g/mol. The van der Waals surface area contributed by atoms with E-state index in [1.165, 1.54) is 34.6 Å². The Morgan fingerprint density at radius 3 is 2.26 bits per heavy atom. The van der Waals surface area contributed by atoms with Crippen molar-refractivity contribution in [3.8, 4) is 0 Å². The van der Waals surface area contributed by atoms with Gasteiger partial charge in [-0.05, 0) is 85.5 Å². The van der Waals surface area contributed by atoms with Gasteiger partial charge in [-0.15, -0.1) is 0 Å². The molecule has 0 aromatic heterocycles. The van der Waals surface area contributed by atoms with E-state index < -0.39 is 15.5 Å². The van der Waals surface area contributed by atoms with Gasteiger partial charge in [0, 0.05) is 35.8 Å². The van der Waals surface area contributed by atoms with Crippen LogP contribution in [0, 0.1) is 0 Å². The number of alkyl halides is 3. The number of carbonyl (C=O) groups is 1. The van der Waals surface area contributed by atoms with E-state index in [2.05, 4.69) is 0 Å². The normalized spacial score (nSPS) is 17.6. The molecule has 1 amide bonds. The van der Waals surface area contributed by atoms with Crippen LogP contribution in [0.5, 0.6) is 0 Å². The Labute approximate surface area is 183 Å². The molecule has 0 unspecified atom stereocenters. The summed E-state index contributed by atoms with van der Waals surface area (Å²) in [7, 11) is -3.55. The third-order valence-electron chi connectivity index (χ3n) is 5.45. The molecule has 2 aromatic rings. The van der Waals surface area contributed by atoms with Crippen molar-refractivity contribution in [1.82, 2.24) is 4.31 Å². The quantitative estimate of drug-likeness (QED) is 0.609. The summed E-state index contributed by atoms with van der Waals surface area (Å²) in [5.41, 5.74) is -2.67. The Morgan fingerprint density at radius 1 is 0.935 bits per heavy atom. The molecule has 5 nitrogen and oxygen atoms in total. The maximum absolute atomic E-state index is 13.0. The zero-order chi connectivity index (χ0) is 22.2. The Bertz CT molecular complexity index is 1080. The Kier molecular flexibility index (Phi) is 6.06.